The SMILES string of the molecule is Cc1cc(C)n2nc(C(C#N)=CN(C)C)c(C#N)c2n1. The molecule has 100 valence electrons. The first-order valence-corrected chi connectivity index (χ1v) is 6.03. The molecule has 2 heterocycles. The second-order valence-corrected chi connectivity index (χ2v) is 4.73. The van der Waals surface area contributed by atoms with Gasteiger partial charge in [-0.2, -0.15) is 15.6 Å². The Kier molecular flexibility index (Phi) is 3.41. The van der Waals surface area contributed by atoms with Crippen LogP contribution in [0.15, 0.2) is 12.3 Å². The van der Waals surface area contributed by atoms with Crippen LogP contribution in [0.4, 0.5) is 0 Å². The highest BCUT2D eigenvalue weighted by Crippen LogP contribution is 2.22. The van der Waals surface area contributed by atoms with Gasteiger partial charge in [0.25, 0.3) is 0 Å². The first-order valence-electron chi connectivity index (χ1n) is 6.03. The van der Waals surface area contributed by atoms with Gasteiger partial charge in [-0.15, -0.1) is 0 Å². The average molecular weight is 266 g/mol. The highest BCUT2D eigenvalue weighted by Gasteiger charge is 2.19. The number of hydrogen-bond donors (Lipinski definition) is 0. The molecule has 0 aliphatic rings. The van der Waals surface area contributed by atoms with Crippen LogP contribution in [0.25, 0.3) is 11.2 Å². The average Bonchev–Trinajstić information content (AvgIpc) is 2.74. The highest BCUT2D eigenvalue weighted by molar-refractivity contribution is 5.81. The van der Waals surface area contributed by atoms with E-state index >= 15 is 0 Å². The summed E-state index contributed by atoms with van der Waals surface area (Å²) in [6, 6.07) is 6.07. The molecule has 0 saturated heterocycles. The minimum atomic E-state index is 0.325. The number of rotatable bonds is 2. The summed E-state index contributed by atoms with van der Waals surface area (Å²) in [6.45, 7) is 3.75. The summed E-state index contributed by atoms with van der Waals surface area (Å²) < 4.78 is 1.60. The van der Waals surface area contributed by atoms with Crippen molar-refractivity contribution in [3.8, 4) is 12.1 Å². The molecule has 2 aromatic rings. The molecule has 0 N–H and O–H groups in total. The van der Waals surface area contributed by atoms with Crippen molar-refractivity contribution in [1.29, 1.82) is 10.5 Å². The molecule has 0 saturated carbocycles. The zero-order valence-electron chi connectivity index (χ0n) is 11.8. The van der Waals surface area contributed by atoms with Crippen molar-refractivity contribution < 1.29 is 0 Å². The van der Waals surface area contributed by atoms with Gasteiger partial charge in [0.2, 0.25) is 0 Å². The molecule has 2 rings (SSSR count). The summed E-state index contributed by atoms with van der Waals surface area (Å²) in [5.74, 6) is 0. The number of nitrogens with zero attached hydrogens (tertiary/aromatic N) is 6. The molecule has 6 heteroatoms. The van der Waals surface area contributed by atoms with E-state index in [9.17, 15) is 10.5 Å². The van der Waals surface area contributed by atoms with E-state index in [0.717, 1.165) is 11.4 Å². The predicted octanol–water partition coefficient (Wildman–Crippen LogP) is 1.64. The summed E-state index contributed by atoms with van der Waals surface area (Å²) in [5, 5.41) is 23.0. The van der Waals surface area contributed by atoms with Crippen molar-refractivity contribution in [3.05, 3.63) is 34.9 Å². The van der Waals surface area contributed by atoms with Gasteiger partial charge in [0, 0.05) is 31.7 Å². The van der Waals surface area contributed by atoms with E-state index in [2.05, 4.69) is 22.2 Å². The lowest BCUT2D eigenvalue weighted by Crippen LogP contribution is -2.03. The molecule has 0 atom stereocenters. The van der Waals surface area contributed by atoms with Crippen LogP contribution in [-0.4, -0.2) is 33.6 Å². The molecular formula is C14H14N6. The first kappa shape index (κ1) is 13.6. The molecule has 0 spiro atoms. The van der Waals surface area contributed by atoms with Crippen molar-refractivity contribution in [2.75, 3.05) is 14.1 Å². The molecule has 0 radical (unpaired) electrons. The van der Waals surface area contributed by atoms with Crippen LogP contribution in [0, 0.1) is 36.5 Å². The van der Waals surface area contributed by atoms with E-state index in [-0.39, 0.29) is 0 Å². The van der Waals surface area contributed by atoms with Crippen LogP contribution in [0.2, 0.25) is 0 Å². The van der Waals surface area contributed by atoms with E-state index < -0.39 is 0 Å². The van der Waals surface area contributed by atoms with Crippen molar-refractivity contribution in [2.45, 2.75) is 13.8 Å². The van der Waals surface area contributed by atoms with Gasteiger partial charge in [0.15, 0.2) is 5.65 Å². The Balaban J connectivity index is 2.83. The van der Waals surface area contributed by atoms with E-state index in [4.69, 9.17) is 0 Å². The second kappa shape index (κ2) is 5.02. The first-order chi connectivity index (χ1) is 9.47. The van der Waals surface area contributed by atoms with Gasteiger partial charge < -0.3 is 4.90 Å². The molecule has 0 aromatic carbocycles. The van der Waals surface area contributed by atoms with E-state index in [0.29, 0.717) is 22.5 Å². The van der Waals surface area contributed by atoms with Gasteiger partial charge in [-0.05, 0) is 19.9 Å². The van der Waals surface area contributed by atoms with Crippen LogP contribution in [-0.2, 0) is 0 Å². The molecule has 6 nitrogen and oxygen atoms in total. The second-order valence-electron chi connectivity index (χ2n) is 4.73. The quantitative estimate of drug-likeness (QED) is 0.772. The van der Waals surface area contributed by atoms with E-state index in [1.807, 2.05) is 34.0 Å². The fourth-order valence-electron chi connectivity index (χ4n) is 2.01. The third-order valence-corrected chi connectivity index (χ3v) is 2.77. The molecular weight excluding hydrogens is 252 g/mol. The molecule has 0 aliphatic heterocycles. The Labute approximate surface area is 117 Å². The van der Waals surface area contributed by atoms with Crippen LogP contribution >= 0.6 is 0 Å². The maximum Gasteiger partial charge on any atom is 0.174 e. The van der Waals surface area contributed by atoms with Crippen LogP contribution in [0.5, 0.6) is 0 Å². The van der Waals surface area contributed by atoms with E-state index in [1.54, 1.807) is 15.6 Å². The van der Waals surface area contributed by atoms with Crippen LogP contribution < -0.4 is 0 Å². The number of aromatic nitrogens is 3. The summed E-state index contributed by atoms with van der Waals surface area (Å²) in [5.41, 5.74) is 3.20. The molecule has 0 amide bonds. The smallest absolute Gasteiger partial charge is 0.174 e. The molecule has 0 fully saturated rings. The minimum Gasteiger partial charge on any atom is -0.382 e. The van der Waals surface area contributed by atoms with Crippen molar-refractivity contribution >= 4 is 11.2 Å². The van der Waals surface area contributed by atoms with Crippen molar-refractivity contribution in [3.63, 3.8) is 0 Å². The Morgan fingerprint density at radius 3 is 2.60 bits per heavy atom. The fourth-order valence-corrected chi connectivity index (χ4v) is 2.01. The summed E-state index contributed by atoms with van der Waals surface area (Å²) in [7, 11) is 3.62. The van der Waals surface area contributed by atoms with Gasteiger partial charge in [0.05, 0.1) is 5.57 Å². The van der Waals surface area contributed by atoms with Crippen LogP contribution in [0.3, 0.4) is 0 Å². The predicted molar refractivity (Wildman–Crippen MR) is 74.5 cm³/mol. The number of hydrogen-bond acceptors (Lipinski definition) is 5. The lowest BCUT2D eigenvalue weighted by Gasteiger charge is -2.04. The molecule has 2 aromatic heterocycles. The molecule has 0 aliphatic carbocycles. The van der Waals surface area contributed by atoms with Crippen molar-refractivity contribution in [2.24, 2.45) is 0 Å². The maximum atomic E-state index is 9.37. The topological polar surface area (TPSA) is 81.0 Å². The maximum absolute atomic E-state index is 9.37. The lowest BCUT2D eigenvalue weighted by molar-refractivity contribution is 0.566. The Hall–Kier alpha value is -2.86. The number of allylic oxidation sites excluding steroid dienone is 1. The zero-order chi connectivity index (χ0) is 14.9. The number of fused-ring (bicyclic) bond motifs is 1. The summed E-state index contributed by atoms with van der Waals surface area (Å²) >= 11 is 0. The van der Waals surface area contributed by atoms with Gasteiger partial charge >= 0.3 is 0 Å². The lowest BCUT2D eigenvalue weighted by atomic mass is 10.1. The minimum absolute atomic E-state index is 0.325. The summed E-state index contributed by atoms with van der Waals surface area (Å²) in [4.78, 5) is 6.10. The highest BCUT2D eigenvalue weighted by atomic mass is 15.3. The Morgan fingerprint density at radius 1 is 1.35 bits per heavy atom. The third kappa shape index (κ3) is 2.19. The summed E-state index contributed by atoms with van der Waals surface area (Å²) in [6.07, 6.45) is 1.64. The Morgan fingerprint density at radius 2 is 2.05 bits per heavy atom. The molecule has 20 heavy (non-hydrogen) atoms. The normalized spacial score (nSPS) is 11.2. The molecule has 0 unspecified atom stereocenters. The van der Waals surface area contributed by atoms with Gasteiger partial charge in [0.1, 0.15) is 23.4 Å². The van der Waals surface area contributed by atoms with Crippen LogP contribution in [0.1, 0.15) is 22.6 Å². The zero-order valence-corrected chi connectivity index (χ0v) is 11.8. The fraction of sp³-hybridized carbons (Fsp3) is 0.286. The van der Waals surface area contributed by atoms with Gasteiger partial charge in [-0.25, -0.2) is 9.50 Å². The number of aryl methyl sites for hydroxylation is 2. The third-order valence-electron chi connectivity index (χ3n) is 2.77. The number of nitriles is 2. The monoisotopic (exact) mass is 266 g/mol. The van der Waals surface area contributed by atoms with E-state index in [1.165, 1.54) is 0 Å². The Bertz CT molecular complexity index is 783. The van der Waals surface area contributed by atoms with Crippen molar-refractivity contribution in [1.82, 2.24) is 19.5 Å². The standard InChI is InChI=1S/C14H14N6/c1-9-5-10(2)20-14(17-9)12(7-16)13(18-20)11(6-15)8-19(3)4/h5,8H,1-4H3. The largest absolute Gasteiger partial charge is 0.382 e. The van der Waals surface area contributed by atoms with Gasteiger partial charge in [-0.1, -0.05) is 0 Å². The molecule has 0 bridgehead atoms. The van der Waals surface area contributed by atoms with Gasteiger partial charge in [-0.3, -0.25) is 0 Å².